The van der Waals surface area contributed by atoms with Gasteiger partial charge in [-0.2, -0.15) is 0 Å². The predicted octanol–water partition coefficient (Wildman–Crippen LogP) is 0.992. The maximum atomic E-state index is 7.99. The van der Waals surface area contributed by atoms with Gasteiger partial charge in [0.15, 0.2) is 0 Å². The van der Waals surface area contributed by atoms with Crippen LogP contribution in [0, 0.1) is 5.41 Å². The first-order chi connectivity index (χ1) is 4.12. The van der Waals surface area contributed by atoms with E-state index in [0.717, 1.165) is 0 Å². The van der Waals surface area contributed by atoms with E-state index in [0.29, 0.717) is 0 Å². The minimum absolute atomic E-state index is 0.146. The third-order valence-corrected chi connectivity index (χ3v) is 0.911. The molecule has 56 valence electrons. The first-order valence-corrected chi connectivity index (χ1v) is 2.65. The van der Waals surface area contributed by atoms with Crippen LogP contribution < -0.4 is 0 Å². The molecule has 2 N–H and O–H groups in total. The summed E-state index contributed by atoms with van der Waals surface area (Å²) in [7, 11) is 0. The van der Waals surface area contributed by atoms with Gasteiger partial charge in [0, 0.05) is 5.41 Å². The SMILES string of the molecule is CC(C)(COO)COO. The Balaban J connectivity index is 3.43. The summed E-state index contributed by atoms with van der Waals surface area (Å²) < 4.78 is 0. The average molecular weight is 136 g/mol. The molecule has 0 bridgehead atoms. The van der Waals surface area contributed by atoms with Crippen LogP contribution in [0.3, 0.4) is 0 Å². The number of hydrogen-bond acceptors (Lipinski definition) is 4. The predicted molar refractivity (Wildman–Crippen MR) is 30.9 cm³/mol. The molecule has 0 aliphatic rings. The molecule has 0 aromatic rings. The summed E-state index contributed by atoms with van der Waals surface area (Å²) in [6, 6.07) is 0. The van der Waals surface area contributed by atoms with Gasteiger partial charge in [-0.1, -0.05) is 13.8 Å². The van der Waals surface area contributed by atoms with Gasteiger partial charge in [0.05, 0.1) is 13.2 Å². The zero-order valence-corrected chi connectivity index (χ0v) is 5.63. The zero-order valence-electron chi connectivity index (χ0n) is 5.63. The summed E-state index contributed by atoms with van der Waals surface area (Å²) in [4.78, 5) is 7.74. The number of rotatable bonds is 4. The summed E-state index contributed by atoms with van der Waals surface area (Å²) in [6.45, 7) is 3.88. The Morgan fingerprint density at radius 3 is 1.67 bits per heavy atom. The van der Waals surface area contributed by atoms with Crippen molar-refractivity contribution in [2.24, 2.45) is 5.41 Å². The first-order valence-electron chi connectivity index (χ1n) is 2.65. The molecule has 0 saturated carbocycles. The molecule has 9 heavy (non-hydrogen) atoms. The Morgan fingerprint density at radius 2 is 1.44 bits per heavy atom. The summed E-state index contributed by atoms with van der Waals surface area (Å²) in [5.41, 5.74) is -0.344. The molecule has 0 aromatic heterocycles. The fourth-order valence-corrected chi connectivity index (χ4v) is 0.391. The standard InChI is InChI=1S/C5H12O4/c1-5(2,3-8-6)4-9-7/h6-7H,3-4H2,1-2H3. The maximum absolute atomic E-state index is 7.99. The molecule has 0 radical (unpaired) electrons. The molecule has 0 aromatic carbocycles. The second-order valence-corrected chi connectivity index (χ2v) is 2.71. The van der Waals surface area contributed by atoms with Crippen molar-refractivity contribution in [2.45, 2.75) is 13.8 Å². The van der Waals surface area contributed by atoms with E-state index in [-0.39, 0.29) is 18.6 Å². The second-order valence-electron chi connectivity index (χ2n) is 2.71. The van der Waals surface area contributed by atoms with Crippen LogP contribution in [0.1, 0.15) is 13.8 Å². The van der Waals surface area contributed by atoms with E-state index in [2.05, 4.69) is 9.78 Å². The lowest BCUT2D eigenvalue weighted by Crippen LogP contribution is -2.24. The maximum Gasteiger partial charge on any atom is 0.0893 e. The lowest BCUT2D eigenvalue weighted by Gasteiger charge is -2.19. The van der Waals surface area contributed by atoms with Crippen molar-refractivity contribution in [3.05, 3.63) is 0 Å². The van der Waals surface area contributed by atoms with Crippen molar-refractivity contribution in [3.8, 4) is 0 Å². The van der Waals surface area contributed by atoms with Gasteiger partial charge in [-0.25, -0.2) is 9.78 Å². The van der Waals surface area contributed by atoms with Crippen molar-refractivity contribution in [1.29, 1.82) is 0 Å². The Hall–Kier alpha value is -0.160. The number of hydrogen-bond donors (Lipinski definition) is 2. The van der Waals surface area contributed by atoms with Gasteiger partial charge >= 0.3 is 0 Å². The van der Waals surface area contributed by atoms with Crippen LogP contribution in [0.15, 0.2) is 0 Å². The van der Waals surface area contributed by atoms with Gasteiger partial charge in [-0.05, 0) is 0 Å². The first kappa shape index (κ1) is 8.84. The van der Waals surface area contributed by atoms with Gasteiger partial charge in [-0.3, -0.25) is 10.5 Å². The van der Waals surface area contributed by atoms with Crippen LogP contribution in [0.2, 0.25) is 0 Å². The van der Waals surface area contributed by atoms with E-state index in [9.17, 15) is 0 Å². The van der Waals surface area contributed by atoms with Crippen molar-refractivity contribution in [3.63, 3.8) is 0 Å². The molecule has 0 spiro atoms. The summed E-state index contributed by atoms with van der Waals surface area (Å²) in [5.74, 6) is 0. The molecular formula is C5H12O4. The summed E-state index contributed by atoms with van der Waals surface area (Å²) >= 11 is 0. The molecule has 0 rings (SSSR count). The van der Waals surface area contributed by atoms with E-state index < -0.39 is 0 Å². The minimum atomic E-state index is -0.344. The van der Waals surface area contributed by atoms with Gasteiger partial charge < -0.3 is 0 Å². The fourth-order valence-electron chi connectivity index (χ4n) is 0.391. The smallest absolute Gasteiger partial charge is 0.0893 e. The Labute approximate surface area is 53.9 Å². The van der Waals surface area contributed by atoms with Crippen LogP contribution in [-0.4, -0.2) is 23.7 Å². The molecule has 0 fully saturated rings. The van der Waals surface area contributed by atoms with Crippen LogP contribution in [0.25, 0.3) is 0 Å². The minimum Gasteiger partial charge on any atom is -0.252 e. The fraction of sp³-hybridized carbons (Fsp3) is 1.00. The van der Waals surface area contributed by atoms with Crippen LogP contribution >= 0.6 is 0 Å². The second kappa shape index (κ2) is 3.79. The van der Waals surface area contributed by atoms with Gasteiger partial charge in [0.2, 0.25) is 0 Å². The van der Waals surface area contributed by atoms with Crippen LogP contribution in [0.5, 0.6) is 0 Å². The average Bonchev–Trinajstić information content (AvgIpc) is 1.64. The molecule has 0 atom stereocenters. The van der Waals surface area contributed by atoms with Crippen LogP contribution in [0.4, 0.5) is 0 Å². The van der Waals surface area contributed by atoms with Crippen molar-refractivity contribution in [1.82, 2.24) is 0 Å². The lowest BCUT2D eigenvalue weighted by atomic mass is 9.97. The highest BCUT2D eigenvalue weighted by Gasteiger charge is 2.18. The lowest BCUT2D eigenvalue weighted by molar-refractivity contribution is -0.295. The van der Waals surface area contributed by atoms with Gasteiger partial charge in [0.1, 0.15) is 0 Å². The molecule has 0 aliphatic heterocycles. The van der Waals surface area contributed by atoms with E-state index in [1.807, 2.05) is 0 Å². The normalized spacial score (nSPS) is 12.0. The monoisotopic (exact) mass is 136 g/mol. The van der Waals surface area contributed by atoms with E-state index >= 15 is 0 Å². The van der Waals surface area contributed by atoms with E-state index in [1.165, 1.54) is 0 Å². The molecule has 4 nitrogen and oxygen atoms in total. The topological polar surface area (TPSA) is 58.9 Å². The van der Waals surface area contributed by atoms with E-state index in [1.54, 1.807) is 13.8 Å². The molecular weight excluding hydrogens is 124 g/mol. The van der Waals surface area contributed by atoms with E-state index in [4.69, 9.17) is 10.5 Å². The summed E-state index contributed by atoms with van der Waals surface area (Å²) in [6.07, 6.45) is 0. The van der Waals surface area contributed by atoms with Crippen molar-refractivity contribution < 1.29 is 20.3 Å². The molecule has 0 saturated heterocycles. The van der Waals surface area contributed by atoms with Gasteiger partial charge in [0.25, 0.3) is 0 Å². The Kier molecular flexibility index (Phi) is 3.72. The highest BCUT2D eigenvalue weighted by Crippen LogP contribution is 2.14. The third kappa shape index (κ3) is 4.35. The molecule has 0 unspecified atom stereocenters. The molecule has 4 heteroatoms. The van der Waals surface area contributed by atoms with Crippen molar-refractivity contribution in [2.75, 3.05) is 13.2 Å². The van der Waals surface area contributed by atoms with Crippen molar-refractivity contribution >= 4 is 0 Å². The van der Waals surface area contributed by atoms with Crippen LogP contribution in [-0.2, 0) is 9.78 Å². The largest absolute Gasteiger partial charge is 0.252 e. The third-order valence-electron chi connectivity index (χ3n) is 0.911. The Bertz CT molecular complexity index is 63.4. The molecule has 0 aliphatic carbocycles. The summed E-state index contributed by atoms with van der Waals surface area (Å²) in [5, 5.41) is 16.0. The molecule has 0 amide bonds. The molecule has 0 heterocycles. The quantitative estimate of drug-likeness (QED) is 0.447. The Morgan fingerprint density at radius 1 is 1.11 bits per heavy atom. The highest BCUT2D eigenvalue weighted by atomic mass is 17.1. The van der Waals surface area contributed by atoms with Gasteiger partial charge in [-0.15, -0.1) is 0 Å². The zero-order chi connectivity index (χ0) is 7.33. The highest BCUT2D eigenvalue weighted by molar-refractivity contribution is 4.64.